The summed E-state index contributed by atoms with van der Waals surface area (Å²) in [6.07, 6.45) is 5.96. The maximum atomic E-state index is 7.00. The third-order valence-corrected chi connectivity index (χ3v) is 1.35. The first-order valence-corrected chi connectivity index (χ1v) is 4.21. The van der Waals surface area contributed by atoms with Gasteiger partial charge in [0, 0.05) is 30.4 Å². The summed E-state index contributed by atoms with van der Waals surface area (Å²) in [5, 5.41) is 7.00. The average Bonchev–Trinajstić information content (AvgIpc) is 2.24. The van der Waals surface area contributed by atoms with Gasteiger partial charge in [0.05, 0.1) is 0 Å². The van der Waals surface area contributed by atoms with Crippen LogP contribution in [0.15, 0.2) is 30.7 Å². The highest BCUT2D eigenvalue weighted by molar-refractivity contribution is 6.07. The van der Waals surface area contributed by atoms with E-state index < -0.39 is 0 Å². The number of pyridine rings is 1. The van der Waals surface area contributed by atoms with E-state index in [9.17, 15) is 0 Å². The first-order valence-electron chi connectivity index (χ1n) is 4.21. The highest BCUT2D eigenvalue weighted by Gasteiger charge is 1.93. The molecule has 0 saturated carbocycles. The van der Waals surface area contributed by atoms with Crippen molar-refractivity contribution in [3.8, 4) is 0 Å². The van der Waals surface area contributed by atoms with Gasteiger partial charge in [0.2, 0.25) is 0 Å². The second kappa shape index (κ2) is 7.03. The summed E-state index contributed by atoms with van der Waals surface area (Å²) in [5.74, 6) is 0. The molecule has 1 heterocycles. The molecule has 0 fully saturated rings. The van der Waals surface area contributed by atoms with Crippen molar-refractivity contribution in [3.05, 3.63) is 36.3 Å². The summed E-state index contributed by atoms with van der Waals surface area (Å²) in [6, 6.07) is 3.62. The molecule has 0 amide bonds. The molecule has 3 N–H and O–H groups in total. The Balaban J connectivity index is 0.000000671. The normalized spacial score (nSPS) is 9.85. The molecule has 3 nitrogen and oxygen atoms in total. The van der Waals surface area contributed by atoms with Gasteiger partial charge in [-0.2, -0.15) is 0 Å². The van der Waals surface area contributed by atoms with Gasteiger partial charge < -0.3 is 11.1 Å². The van der Waals surface area contributed by atoms with Crippen molar-refractivity contribution in [1.29, 1.82) is 5.41 Å². The third-order valence-electron chi connectivity index (χ3n) is 1.35. The van der Waals surface area contributed by atoms with Gasteiger partial charge in [-0.1, -0.05) is 13.8 Å². The number of allylic oxidation sites excluding steroid dienone is 1. The first-order chi connectivity index (χ1) is 6.38. The molecule has 0 atom stereocenters. The van der Waals surface area contributed by atoms with Crippen molar-refractivity contribution < 1.29 is 0 Å². The van der Waals surface area contributed by atoms with Crippen molar-refractivity contribution in [1.82, 2.24) is 4.98 Å². The van der Waals surface area contributed by atoms with Crippen LogP contribution in [0, 0.1) is 5.41 Å². The first kappa shape index (κ1) is 11.4. The molecule has 0 aliphatic carbocycles. The fourth-order valence-electron chi connectivity index (χ4n) is 0.772. The monoisotopic (exact) mass is 177 g/mol. The molecule has 3 heteroatoms. The van der Waals surface area contributed by atoms with Crippen LogP contribution in [-0.4, -0.2) is 11.2 Å². The summed E-state index contributed by atoms with van der Waals surface area (Å²) in [5.41, 5.74) is 6.90. The molecule has 1 aromatic rings. The fraction of sp³-hybridized carbons (Fsp3) is 0.200. The minimum absolute atomic E-state index is 0.701. The largest absolute Gasteiger partial charge is 0.404 e. The molecule has 0 unspecified atom stereocenters. The lowest BCUT2D eigenvalue weighted by Gasteiger charge is -1.96. The zero-order valence-corrected chi connectivity index (χ0v) is 7.99. The number of nitrogens with zero attached hydrogens (tertiary/aromatic N) is 1. The van der Waals surface area contributed by atoms with E-state index in [1.165, 1.54) is 12.4 Å². The lowest BCUT2D eigenvalue weighted by Crippen LogP contribution is -1.89. The molecule has 0 spiro atoms. The molecule has 1 rings (SSSR count). The van der Waals surface area contributed by atoms with Crippen molar-refractivity contribution >= 4 is 11.8 Å². The van der Waals surface area contributed by atoms with Crippen LogP contribution in [0.4, 0.5) is 0 Å². The van der Waals surface area contributed by atoms with Crippen LogP contribution in [0.25, 0.3) is 5.57 Å². The van der Waals surface area contributed by atoms with E-state index in [1.54, 1.807) is 12.4 Å². The highest BCUT2D eigenvalue weighted by atomic mass is 14.6. The quantitative estimate of drug-likeness (QED) is 0.679. The van der Waals surface area contributed by atoms with E-state index in [0.717, 1.165) is 5.56 Å². The molecule has 1 aromatic heterocycles. The summed E-state index contributed by atoms with van der Waals surface area (Å²) < 4.78 is 0. The zero-order valence-electron chi connectivity index (χ0n) is 7.99. The van der Waals surface area contributed by atoms with Gasteiger partial charge in [-0.15, -0.1) is 0 Å². The lowest BCUT2D eigenvalue weighted by atomic mass is 10.1. The predicted octanol–water partition coefficient (Wildman–Crippen LogP) is 2.06. The standard InChI is InChI=1S/C8H9N3.C2H6/c9-5-8(6-10)7-1-3-11-4-2-7;1-2/h1-6,9H,10H2;1-2H3/b8-6+,9-5?;. The topological polar surface area (TPSA) is 62.8 Å². The molecule has 70 valence electrons. The Morgan fingerprint density at radius 2 is 1.92 bits per heavy atom. The van der Waals surface area contributed by atoms with E-state index >= 15 is 0 Å². The number of nitrogens with two attached hydrogens (primary N) is 1. The van der Waals surface area contributed by atoms with Crippen LogP contribution in [0.2, 0.25) is 0 Å². The van der Waals surface area contributed by atoms with E-state index in [0.29, 0.717) is 5.57 Å². The van der Waals surface area contributed by atoms with Crippen LogP contribution in [0.3, 0.4) is 0 Å². The Morgan fingerprint density at radius 1 is 1.38 bits per heavy atom. The number of hydrogen-bond donors (Lipinski definition) is 2. The van der Waals surface area contributed by atoms with E-state index in [-0.39, 0.29) is 0 Å². The molecule has 0 radical (unpaired) electrons. The Labute approximate surface area is 78.8 Å². The van der Waals surface area contributed by atoms with Crippen LogP contribution < -0.4 is 5.73 Å². The SMILES string of the molecule is CC.N=C/C(=C\N)c1ccncc1. The zero-order chi connectivity index (χ0) is 10.1. The predicted molar refractivity (Wildman–Crippen MR) is 56.5 cm³/mol. The Hall–Kier alpha value is -1.64. The maximum absolute atomic E-state index is 7.00. The molecule has 0 aliphatic rings. The van der Waals surface area contributed by atoms with E-state index in [1.807, 2.05) is 26.0 Å². The molecule has 0 bridgehead atoms. The molecular weight excluding hydrogens is 162 g/mol. The summed E-state index contributed by atoms with van der Waals surface area (Å²) in [7, 11) is 0. The Kier molecular flexibility index (Phi) is 6.15. The summed E-state index contributed by atoms with van der Waals surface area (Å²) in [6.45, 7) is 4.00. The van der Waals surface area contributed by atoms with Crippen molar-refractivity contribution in [2.24, 2.45) is 5.73 Å². The second-order valence-corrected chi connectivity index (χ2v) is 2.00. The molecule has 13 heavy (non-hydrogen) atoms. The van der Waals surface area contributed by atoms with Crippen LogP contribution in [0.5, 0.6) is 0 Å². The maximum Gasteiger partial charge on any atom is 0.0273 e. The molecular formula is C10H15N3. The van der Waals surface area contributed by atoms with E-state index in [4.69, 9.17) is 11.1 Å². The van der Waals surface area contributed by atoms with Crippen molar-refractivity contribution in [2.45, 2.75) is 13.8 Å². The molecule has 0 aromatic carbocycles. The lowest BCUT2D eigenvalue weighted by molar-refractivity contribution is 1.32. The highest BCUT2D eigenvalue weighted by Crippen LogP contribution is 2.07. The number of rotatable bonds is 2. The van der Waals surface area contributed by atoms with Crippen LogP contribution in [0.1, 0.15) is 19.4 Å². The van der Waals surface area contributed by atoms with Gasteiger partial charge in [0.25, 0.3) is 0 Å². The third kappa shape index (κ3) is 3.51. The minimum atomic E-state index is 0.701. The van der Waals surface area contributed by atoms with Gasteiger partial charge >= 0.3 is 0 Å². The smallest absolute Gasteiger partial charge is 0.0273 e. The number of aromatic nitrogens is 1. The van der Waals surface area contributed by atoms with Crippen LogP contribution >= 0.6 is 0 Å². The number of nitrogens with one attached hydrogen (secondary N) is 1. The number of hydrogen-bond acceptors (Lipinski definition) is 3. The molecule has 0 aliphatic heterocycles. The van der Waals surface area contributed by atoms with Crippen molar-refractivity contribution in [3.63, 3.8) is 0 Å². The summed E-state index contributed by atoms with van der Waals surface area (Å²) >= 11 is 0. The minimum Gasteiger partial charge on any atom is -0.404 e. The van der Waals surface area contributed by atoms with Gasteiger partial charge in [0.1, 0.15) is 0 Å². The fourth-order valence-corrected chi connectivity index (χ4v) is 0.772. The summed E-state index contributed by atoms with van der Waals surface area (Å²) in [4.78, 5) is 3.85. The van der Waals surface area contributed by atoms with Gasteiger partial charge in [0.15, 0.2) is 0 Å². The second-order valence-electron chi connectivity index (χ2n) is 2.00. The van der Waals surface area contributed by atoms with E-state index in [2.05, 4.69) is 4.98 Å². The Bertz CT molecular complexity index is 265. The van der Waals surface area contributed by atoms with Crippen LogP contribution in [-0.2, 0) is 0 Å². The van der Waals surface area contributed by atoms with Gasteiger partial charge in [-0.05, 0) is 17.7 Å². The average molecular weight is 177 g/mol. The Morgan fingerprint density at radius 3 is 2.31 bits per heavy atom. The van der Waals surface area contributed by atoms with Gasteiger partial charge in [-0.3, -0.25) is 4.98 Å². The molecule has 0 saturated heterocycles. The van der Waals surface area contributed by atoms with Crippen molar-refractivity contribution in [2.75, 3.05) is 0 Å². The van der Waals surface area contributed by atoms with Gasteiger partial charge in [-0.25, -0.2) is 0 Å².